The first-order valence-electron chi connectivity index (χ1n) is 8.23. The summed E-state index contributed by atoms with van der Waals surface area (Å²) in [5, 5.41) is 8.31. The van der Waals surface area contributed by atoms with Crippen molar-refractivity contribution >= 4 is 34.0 Å². The van der Waals surface area contributed by atoms with Crippen LogP contribution in [0.5, 0.6) is 0 Å². The molecule has 2 unspecified atom stereocenters. The summed E-state index contributed by atoms with van der Waals surface area (Å²) in [6.45, 7) is 4.06. The van der Waals surface area contributed by atoms with Crippen LogP contribution in [0.4, 0.5) is 10.8 Å². The molecule has 0 radical (unpaired) electrons. The SMILES string of the molecule is CCCC(=O)Nc1ccc(-c2csc(NC(=O)C3CC3C)n2)cc1. The predicted octanol–water partition coefficient (Wildman–Crippen LogP) is 4.14. The minimum atomic E-state index is 0.0261. The second-order valence-corrected chi connectivity index (χ2v) is 7.08. The summed E-state index contributed by atoms with van der Waals surface area (Å²) in [4.78, 5) is 28.0. The highest BCUT2D eigenvalue weighted by Crippen LogP contribution is 2.38. The van der Waals surface area contributed by atoms with Crippen LogP contribution in [0.1, 0.15) is 33.1 Å². The fraction of sp³-hybridized carbons (Fsp3) is 0.389. The number of aromatic nitrogens is 1. The van der Waals surface area contributed by atoms with E-state index in [1.807, 2.05) is 36.6 Å². The Morgan fingerprint density at radius 2 is 1.96 bits per heavy atom. The van der Waals surface area contributed by atoms with Crippen molar-refractivity contribution in [2.45, 2.75) is 33.1 Å². The molecule has 6 heteroatoms. The van der Waals surface area contributed by atoms with E-state index in [4.69, 9.17) is 0 Å². The Labute approximate surface area is 145 Å². The summed E-state index contributed by atoms with van der Waals surface area (Å²) >= 11 is 1.43. The summed E-state index contributed by atoms with van der Waals surface area (Å²) in [6, 6.07) is 7.58. The van der Waals surface area contributed by atoms with Gasteiger partial charge >= 0.3 is 0 Å². The topological polar surface area (TPSA) is 71.1 Å². The van der Waals surface area contributed by atoms with Gasteiger partial charge in [0.2, 0.25) is 11.8 Å². The van der Waals surface area contributed by atoms with Gasteiger partial charge in [-0.25, -0.2) is 4.98 Å². The van der Waals surface area contributed by atoms with Crippen LogP contribution in [0.2, 0.25) is 0 Å². The smallest absolute Gasteiger partial charge is 0.229 e. The Morgan fingerprint density at radius 3 is 2.58 bits per heavy atom. The lowest BCUT2D eigenvalue weighted by molar-refractivity contribution is -0.118. The Kier molecular flexibility index (Phi) is 4.94. The van der Waals surface area contributed by atoms with Crippen molar-refractivity contribution in [3.05, 3.63) is 29.6 Å². The molecule has 3 rings (SSSR count). The van der Waals surface area contributed by atoms with Crippen LogP contribution in [-0.4, -0.2) is 16.8 Å². The van der Waals surface area contributed by atoms with Crippen LogP contribution in [0, 0.1) is 11.8 Å². The van der Waals surface area contributed by atoms with E-state index in [0.29, 0.717) is 17.5 Å². The van der Waals surface area contributed by atoms with Crippen molar-refractivity contribution in [2.24, 2.45) is 11.8 Å². The summed E-state index contributed by atoms with van der Waals surface area (Å²) < 4.78 is 0. The van der Waals surface area contributed by atoms with Gasteiger partial charge in [-0.2, -0.15) is 0 Å². The third-order valence-electron chi connectivity index (χ3n) is 4.12. The van der Waals surface area contributed by atoms with Crippen LogP contribution in [0.15, 0.2) is 29.6 Å². The second kappa shape index (κ2) is 7.13. The number of carbonyl (C=O) groups excluding carboxylic acids is 2. The zero-order valence-corrected chi connectivity index (χ0v) is 14.7. The quantitative estimate of drug-likeness (QED) is 0.828. The number of thiazole rings is 1. The standard InChI is InChI=1S/C18H21N3O2S/c1-3-4-16(22)19-13-7-5-12(6-8-13)15-10-24-18(20-15)21-17(23)14-9-11(14)2/h5-8,10-11,14H,3-4,9H2,1-2H3,(H,19,22)(H,20,21,23). The Balaban J connectivity index is 1.62. The third-order valence-corrected chi connectivity index (χ3v) is 4.88. The Hall–Kier alpha value is -2.21. The fourth-order valence-corrected chi connectivity index (χ4v) is 3.25. The minimum absolute atomic E-state index is 0.0261. The normalized spacial score (nSPS) is 18.9. The zero-order valence-electron chi connectivity index (χ0n) is 13.8. The van der Waals surface area contributed by atoms with Gasteiger partial charge in [0.25, 0.3) is 0 Å². The van der Waals surface area contributed by atoms with E-state index in [1.54, 1.807) is 0 Å². The predicted molar refractivity (Wildman–Crippen MR) is 97.0 cm³/mol. The first-order valence-corrected chi connectivity index (χ1v) is 9.11. The summed E-state index contributed by atoms with van der Waals surface area (Å²) in [6.07, 6.45) is 2.32. The van der Waals surface area contributed by atoms with Crippen molar-refractivity contribution in [1.82, 2.24) is 4.98 Å². The first kappa shape index (κ1) is 16.6. The second-order valence-electron chi connectivity index (χ2n) is 6.22. The minimum Gasteiger partial charge on any atom is -0.326 e. The van der Waals surface area contributed by atoms with Gasteiger partial charge in [0.05, 0.1) is 5.69 Å². The number of amides is 2. The number of benzene rings is 1. The summed E-state index contributed by atoms with van der Waals surface area (Å²) in [5.41, 5.74) is 2.56. The van der Waals surface area contributed by atoms with Gasteiger partial charge in [0, 0.05) is 29.0 Å². The lowest BCUT2D eigenvalue weighted by atomic mass is 10.1. The fourth-order valence-electron chi connectivity index (χ4n) is 2.52. The molecule has 0 aliphatic heterocycles. The average Bonchev–Trinajstić information content (AvgIpc) is 3.11. The zero-order chi connectivity index (χ0) is 17.1. The van der Waals surface area contributed by atoms with Gasteiger partial charge < -0.3 is 10.6 Å². The highest BCUT2D eigenvalue weighted by atomic mass is 32.1. The van der Waals surface area contributed by atoms with Crippen LogP contribution in [0.25, 0.3) is 11.3 Å². The molecule has 2 atom stereocenters. The lowest BCUT2D eigenvalue weighted by Crippen LogP contribution is -2.14. The molecule has 2 amide bonds. The first-order chi connectivity index (χ1) is 11.6. The molecule has 1 aromatic heterocycles. The molecular formula is C18H21N3O2S. The van der Waals surface area contributed by atoms with Gasteiger partial charge in [0.15, 0.2) is 5.13 Å². The average molecular weight is 343 g/mol. The Bertz CT molecular complexity index is 739. The molecule has 0 spiro atoms. The van der Waals surface area contributed by atoms with Gasteiger partial charge in [-0.05, 0) is 30.9 Å². The van der Waals surface area contributed by atoms with E-state index in [0.717, 1.165) is 29.8 Å². The maximum Gasteiger partial charge on any atom is 0.229 e. The largest absolute Gasteiger partial charge is 0.326 e. The molecule has 0 saturated heterocycles. The number of carbonyl (C=O) groups is 2. The van der Waals surface area contributed by atoms with Crippen molar-refractivity contribution < 1.29 is 9.59 Å². The van der Waals surface area contributed by atoms with E-state index in [-0.39, 0.29) is 17.7 Å². The van der Waals surface area contributed by atoms with Crippen LogP contribution in [-0.2, 0) is 9.59 Å². The monoisotopic (exact) mass is 343 g/mol. The van der Waals surface area contributed by atoms with E-state index in [2.05, 4.69) is 22.5 Å². The van der Waals surface area contributed by atoms with Crippen LogP contribution in [0.3, 0.4) is 0 Å². The number of hydrogen-bond donors (Lipinski definition) is 2. The highest BCUT2D eigenvalue weighted by molar-refractivity contribution is 7.14. The molecular weight excluding hydrogens is 322 g/mol. The van der Waals surface area contributed by atoms with Gasteiger partial charge in [-0.1, -0.05) is 26.0 Å². The molecule has 1 heterocycles. The van der Waals surface area contributed by atoms with Crippen molar-refractivity contribution in [3.63, 3.8) is 0 Å². The Morgan fingerprint density at radius 1 is 1.25 bits per heavy atom. The van der Waals surface area contributed by atoms with E-state index >= 15 is 0 Å². The van der Waals surface area contributed by atoms with Crippen molar-refractivity contribution in [2.75, 3.05) is 10.6 Å². The third kappa shape index (κ3) is 4.00. The lowest BCUT2D eigenvalue weighted by Gasteiger charge is -2.05. The molecule has 1 saturated carbocycles. The van der Waals surface area contributed by atoms with Crippen LogP contribution >= 0.6 is 11.3 Å². The number of anilines is 2. The molecule has 24 heavy (non-hydrogen) atoms. The van der Waals surface area contributed by atoms with Gasteiger partial charge in [-0.3, -0.25) is 9.59 Å². The maximum absolute atomic E-state index is 11.9. The number of nitrogens with one attached hydrogen (secondary N) is 2. The maximum atomic E-state index is 11.9. The van der Waals surface area contributed by atoms with E-state index in [1.165, 1.54) is 11.3 Å². The molecule has 126 valence electrons. The number of hydrogen-bond acceptors (Lipinski definition) is 4. The molecule has 1 aromatic carbocycles. The van der Waals surface area contributed by atoms with E-state index in [9.17, 15) is 9.59 Å². The van der Waals surface area contributed by atoms with Gasteiger partial charge in [-0.15, -0.1) is 11.3 Å². The molecule has 2 N–H and O–H groups in total. The molecule has 2 aromatic rings. The molecule has 1 aliphatic rings. The molecule has 1 aliphatic carbocycles. The molecule has 0 bridgehead atoms. The van der Waals surface area contributed by atoms with Crippen LogP contribution < -0.4 is 10.6 Å². The van der Waals surface area contributed by atoms with Crippen molar-refractivity contribution in [3.8, 4) is 11.3 Å². The highest BCUT2D eigenvalue weighted by Gasteiger charge is 2.39. The van der Waals surface area contributed by atoms with Gasteiger partial charge in [0.1, 0.15) is 0 Å². The number of rotatable bonds is 6. The number of nitrogens with zero attached hydrogens (tertiary/aromatic N) is 1. The van der Waals surface area contributed by atoms with E-state index < -0.39 is 0 Å². The summed E-state index contributed by atoms with van der Waals surface area (Å²) in [7, 11) is 0. The van der Waals surface area contributed by atoms with Crippen molar-refractivity contribution in [1.29, 1.82) is 0 Å². The molecule has 5 nitrogen and oxygen atoms in total. The molecule has 1 fully saturated rings. The summed E-state index contributed by atoms with van der Waals surface area (Å²) in [5.74, 6) is 0.721.